The molecule has 2 N–H and O–H groups in total. The summed E-state index contributed by atoms with van der Waals surface area (Å²) in [5.41, 5.74) is 7.72. The molecule has 26 heavy (non-hydrogen) atoms. The molecule has 2 heterocycles. The van der Waals surface area contributed by atoms with Crippen molar-refractivity contribution in [2.45, 2.75) is 49.7 Å². The average Bonchev–Trinajstić information content (AvgIpc) is 3.21. The van der Waals surface area contributed by atoms with E-state index in [4.69, 9.17) is 21.6 Å². The normalized spacial score (nSPS) is 13.2. The van der Waals surface area contributed by atoms with Crippen molar-refractivity contribution in [3.8, 4) is 12.3 Å². The van der Waals surface area contributed by atoms with Gasteiger partial charge in [-0.2, -0.15) is 0 Å². The molecule has 3 rings (SSSR count). The molecule has 2 aromatic heterocycles. The van der Waals surface area contributed by atoms with Crippen molar-refractivity contribution >= 4 is 34.5 Å². The van der Waals surface area contributed by atoms with Crippen molar-refractivity contribution in [2.24, 2.45) is 5.73 Å². The zero-order valence-corrected chi connectivity index (χ0v) is 16.0. The molecule has 4 nitrogen and oxygen atoms in total. The molecule has 0 aliphatic carbocycles. The van der Waals surface area contributed by atoms with Crippen molar-refractivity contribution in [1.29, 1.82) is 0 Å². The lowest BCUT2D eigenvalue weighted by molar-refractivity contribution is 0.590. The largest absolute Gasteiger partial charge is 0.464 e. The number of hydrogen-bond acceptors (Lipinski definition) is 4. The topological polar surface area (TPSA) is 57.0 Å². The quantitative estimate of drug-likeness (QED) is 0.537. The molecule has 0 radical (unpaired) electrons. The fraction of sp³-hybridized carbons (Fsp3) is 0.286. The number of fused-ring (bicyclic) bond motifs is 1. The van der Waals surface area contributed by atoms with Gasteiger partial charge in [-0.1, -0.05) is 24.8 Å². The first kappa shape index (κ1) is 18.2. The molecule has 3 aromatic rings. The highest BCUT2D eigenvalue weighted by molar-refractivity contribution is 7.99. The first-order valence-electron chi connectivity index (χ1n) is 8.75. The summed E-state index contributed by atoms with van der Waals surface area (Å²) in [5.74, 6) is 2.71. The Morgan fingerprint density at radius 3 is 3.00 bits per heavy atom. The molecule has 0 bridgehead atoms. The van der Waals surface area contributed by atoms with Crippen LogP contribution in [0.15, 0.2) is 45.0 Å². The van der Waals surface area contributed by atoms with Crippen molar-refractivity contribution in [2.75, 3.05) is 0 Å². The van der Waals surface area contributed by atoms with Gasteiger partial charge in [0.1, 0.15) is 10.9 Å². The minimum Gasteiger partial charge on any atom is -0.464 e. The molecule has 0 saturated carbocycles. The highest BCUT2D eigenvalue weighted by atomic mass is 32.2. The molecule has 0 saturated heterocycles. The fourth-order valence-electron chi connectivity index (χ4n) is 2.88. The molecule has 0 aliphatic rings. The van der Waals surface area contributed by atoms with Crippen LogP contribution in [-0.2, 0) is 6.54 Å². The molecule has 0 unspecified atom stereocenters. The molecule has 5 heteroatoms. The van der Waals surface area contributed by atoms with Crippen molar-refractivity contribution in [1.82, 2.24) is 9.55 Å². The minimum atomic E-state index is 0.729. The van der Waals surface area contributed by atoms with E-state index in [1.165, 1.54) is 0 Å². The van der Waals surface area contributed by atoms with Gasteiger partial charge in [-0.3, -0.25) is 0 Å². The smallest absolute Gasteiger partial charge is 0.173 e. The maximum absolute atomic E-state index is 6.10. The second-order valence-electron chi connectivity index (χ2n) is 6.11. The second kappa shape index (κ2) is 8.20. The molecule has 1 aromatic carbocycles. The molecule has 0 amide bonds. The standard InChI is InChI=1S/C21H23N3OS/c1-4-6-7-12-24-18(8-5-2)20(15(3)22)23-21(24)26-17-9-10-19-16(14-17)11-13-25-19/h1,8-11,13-14H,5-7,12,22H2,2-3H3/b18-8+,20-15-. The number of rotatable bonds is 6. The monoisotopic (exact) mass is 365 g/mol. The summed E-state index contributed by atoms with van der Waals surface area (Å²) in [5, 5.41) is 3.96. The van der Waals surface area contributed by atoms with Crippen molar-refractivity contribution in [3.05, 3.63) is 41.2 Å². The SMILES string of the molecule is C#CCCCn1c(Sc2ccc3occc3c2)nc(=C(/C)N)/c1=C\CC. The number of furan rings is 1. The highest BCUT2D eigenvalue weighted by Crippen LogP contribution is 2.28. The molecule has 0 atom stereocenters. The number of nitrogens with two attached hydrogens (primary N) is 1. The van der Waals surface area contributed by atoms with E-state index in [9.17, 15) is 0 Å². The van der Waals surface area contributed by atoms with Gasteiger partial charge in [0.25, 0.3) is 0 Å². The number of aromatic nitrogens is 2. The summed E-state index contributed by atoms with van der Waals surface area (Å²) >= 11 is 1.64. The van der Waals surface area contributed by atoms with E-state index in [1.54, 1.807) is 18.0 Å². The van der Waals surface area contributed by atoms with Gasteiger partial charge in [0.2, 0.25) is 0 Å². The van der Waals surface area contributed by atoms with E-state index in [0.29, 0.717) is 0 Å². The fourth-order valence-corrected chi connectivity index (χ4v) is 3.85. The Balaban J connectivity index is 2.06. The van der Waals surface area contributed by atoms with E-state index in [0.717, 1.165) is 63.2 Å². The van der Waals surface area contributed by atoms with Crippen LogP contribution in [0.3, 0.4) is 0 Å². The van der Waals surface area contributed by atoms with Gasteiger partial charge in [-0.05, 0) is 44.0 Å². The molecule has 134 valence electrons. The van der Waals surface area contributed by atoms with Gasteiger partial charge >= 0.3 is 0 Å². The summed E-state index contributed by atoms with van der Waals surface area (Å²) in [6.45, 7) is 4.84. The minimum absolute atomic E-state index is 0.729. The maximum Gasteiger partial charge on any atom is 0.173 e. The van der Waals surface area contributed by atoms with E-state index in [1.807, 2.05) is 19.1 Å². The Morgan fingerprint density at radius 2 is 2.27 bits per heavy atom. The summed E-state index contributed by atoms with van der Waals surface area (Å²) in [6.07, 6.45) is 11.9. The Labute approximate surface area is 157 Å². The molecule has 0 aliphatic heterocycles. The van der Waals surface area contributed by atoms with Crippen LogP contribution in [-0.4, -0.2) is 9.55 Å². The zero-order valence-electron chi connectivity index (χ0n) is 15.2. The lowest BCUT2D eigenvalue weighted by Crippen LogP contribution is -2.33. The number of benzene rings is 1. The van der Waals surface area contributed by atoms with Gasteiger partial charge in [-0.25, -0.2) is 4.98 Å². The first-order valence-corrected chi connectivity index (χ1v) is 9.57. The van der Waals surface area contributed by atoms with Crippen LogP contribution >= 0.6 is 11.8 Å². The van der Waals surface area contributed by atoms with E-state index >= 15 is 0 Å². The number of nitrogens with zero attached hydrogens (tertiary/aromatic N) is 2. The lowest BCUT2D eigenvalue weighted by atomic mass is 10.3. The Bertz CT molecular complexity index is 1070. The molecular weight excluding hydrogens is 342 g/mol. The highest BCUT2D eigenvalue weighted by Gasteiger charge is 2.11. The van der Waals surface area contributed by atoms with Crippen molar-refractivity contribution in [3.63, 3.8) is 0 Å². The maximum atomic E-state index is 6.10. The summed E-state index contributed by atoms with van der Waals surface area (Å²) in [4.78, 5) is 5.94. The van der Waals surface area contributed by atoms with Crippen LogP contribution < -0.4 is 16.4 Å². The van der Waals surface area contributed by atoms with Gasteiger partial charge in [0.05, 0.1) is 11.6 Å². The average molecular weight is 366 g/mol. The Kier molecular flexibility index (Phi) is 5.75. The van der Waals surface area contributed by atoms with Crippen LogP contribution in [0.2, 0.25) is 0 Å². The van der Waals surface area contributed by atoms with E-state index in [2.05, 4.69) is 35.6 Å². The second-order valence-corrected chi connectivity index (χ2v) is 7.15. The van der Waals surface area contributed by atoms with Crippen LogP contribution in [0.4, 0.5) is 0 Å². The van der Waals surface area contributed by atoms with Gasteiger partial charge in [0, 0.05) is 28.9 Å². The van der Waals surface area contributed by atoms with E-state index in [-0.39, 0.29) is 0 Å². The van der Waals surface area contributed by atoms with Crippen LogP contribution in [0.5, 0.6) is 0 Å². The van der Waals surface area contributed by atoms with E-state index < -0.39 is 0 Å². The number of imidazole rings is 1. The Hall–Kier alpha value is -2.58. The van der Waals surface area contributed by atoms with Gasteiger partial charge < -0.3 is 14.7 Å². The Morgan fingerprint density at radius 1 is 1.42 bits per heavy atom. The number of unbranched alkanes of at least 4 members (excludes halogenated alkanes) is 1. The third kappa shape index (κ3) is 3.81. The number of terminal acetylenes is 1. The molecule has 0 fully saturated rings. The van der Waals surface area contributed by atoms with Crippen LogP contribution in [0.1, 0.15) is 33.1 Å². The third-order valence-electron chi connectivity index (χ3n) is 4.08. The summed E-state index contributed by atoms with van der Waals surface area (Å²) in [7, 11) is 0. The predicted octanol–water partition coefficient (Wildman–Crippen LogP) is 3.47. The van der Waals surface area contributed by atoms with Gasteiger partial charge in [0.15, 0.2) is 5.16 Å². The summed E-state index contributed by atoms with van der Waals surface area (Å²) in [6, 6.07) is 8.13. The van der Waals surface area contributed by atoms with Crippen LogP contribution in [0, 0.1) is 12.3 Å². The zero-order chi connectivity index (χ0) is 18.5. The van der Waals surface area contributed by atoms with Crippen LogP contribution in [0.25, 0.3) is 22.7 Å². The number of hydrogen-bond donors (Lipinski definition) is 1. The predicted molar refractivity (Wildman–Crippen MR) is 108 cm³/mol. The molecular formula is C21H23N3OS. The lowest BCUT2D eigenvalue weighted by Gasteiger charge is -2.07. The molecule has 0 spiro atoms. The van der Waals surface area contributed by atoms with Gasteiger partial charge in [-0.15, -0.1) is 12.3 Å². The first-order chi connectivity index (χ1) is 12.6. The third-order valence-corrected chi connectivity index (χ3v) is 5.06. The summed E-state index contributed by atoms with van der Waals surface area (Å²) < 4.78 is 7.66. The van der Waals surface area contributed by atoms with Crippen molar-refractivity contribution < 1.29 is 4.42 Å².